The summed E-state index contributed by atoms with van der Waals surface area (Å²) in [6.45, 7) is 23.6. The molecule has 0 saturated heterocycles. The van der Waals surface area contributed by atoms with Crippen LogP contribution in [0.5, 0.6) is 0 Å². The standard InChI is InChI=1S/2C19H28O4/c2*1-5-12-22-17(20)10-9-15-8-7-11-19(3,4)16(15)14-18(21)23-13-6-2/h5-6H,1-2,7-14H2,3-4H3;5-6,14-15H,1-2,7-13H2,3-4H3/b;16-14+. The summed E-state index contributed by atoms with van der Waals surface area (Å²) in [7, 11) is 0. The van der Waals surface area contributed by atoms with Gasteiger partial charge < -0.3 is 18.9 Å². The number of carbonyl (C=O) groups is 4. The summed E-state index contributed by atoms with van der Waals surface area (Å²) in [4.78, 5) is 47.3. The number of esters is 4. The molecule has 1 unspecified atom stereocenters. The zero-order valence-corrected chi connectivity index (χ0v) is 28.7. The minimum atomic E-state index is -0.339. The Hall–Kier alpha value is -3.68. The van der Waals surface area contributed by atoms with Gasteiger partial charge in [0.25, 0.3) is 0 Å². The first kappa shape index (κ1) is 40.3. The van der Waals surface area contributed by atoms with Crippen molar-refractivity contribution in [3.8, 4) is 0 Å². The van der Waals surface area contributed by atoms with Gasteiger partial charge in [0, 0.05) is 18.9 Å². The summed E-state index contributed by atoms with van der Waals surface area (Å²) in [6, 6.07) is 0. The van der Waals surface area contributed by atoms with Crippen LogP contribution in [0, 0.1) is 16.7 Å². The minimum Gasteiger partial charge on any atom is -0.461 e. The number of carbonyl (C=O) groups excluding carboxylic acids is 4. The minimum absolute atomic E-state index is 0.0359. The molecule has 1 fully saturated rings. The Kier molecular flexibility index (Phi) is 18.6. The molecule has 8 nitrogen and oxygen atoms in total. The van der Waals surface area contributed by atoms with Crippen molar-refractivity contribution in [3.05, 3.63) is 73.4 Å². The topological polar surface area (TPSA) is 105 Å². The van der Waals surface area contributed by atoms with Crippen LogP contribution in [0.3, 0.4) is 0 Å². The van der Waals surface area contributed by atoms with Gasteiger partial charge in [-0.2, -0.15) is 0 Å². The van der Waals surface area contributed by atoms with Crippen LogP contribution in [0.1, 0.15) is 98.3 Å². The first-order valence-electron chi connectivity index (χ1n) is 16.3. The highest BCUT2D eigenvalue weighted by atomic mass is 16.5. The smallest absolute Gasteiger partial charge is 0.331 e. The number of hydrogen-bond donors (Lipinski definition) is 0. The molecule has 1 saturated carbocycles. The van der Waals surface area contributed by atoms with Gasteiger partial charge in [-0.1, -0.05) is 101 Å². The molecule has 0 aromatic heterocycles. The van der Waals surface area contributed by atoms with E-state index < -0.39 is 0 Å². The van der Waals surface area contributed by atoms with Crippen molar-refractivity contribution in [3.63, 3.8) is 0 Å². The number of rotatable bonds is 17. The average molecular weight is 641 g/mol. The molecule has 0 aliphatic heterocycles. The highest BCUT2D eigenvalue weighted by Crippen LogP contribution is 2.45. The molecule has 0 N–H and O–H groups in total. The fraction of sp³-hybridized carbons (Fsp3) is 0.579. The van der Waals surface area contributed by atoms with Gasteiger partial charge in [0.2, 0.25) is 0 Å². The molecule has 1 atom stereocenters. The van der Waals surface area contributed by atoms with Crippen LogP contribution in [0.4, 0.5) is 0 Å². The zero-order chi connectivity index (χ0) is 34.6. The normalized spacial score (nSPS) is 19.0. The highest BCUT2D eigenvalue weighted by Gasteiger charge is 2.34. The molecule has 2 aliphatic rings. The van der Waals surface area contributed by atoms with Crippen LogP contribution >= 0.6 is 0 Å². The van der Waals surface area contributed by atoms with E-state index in [0.717, 1.165) is 49.7 Å². The van der Waals surface area contributed by atoms with Gasteiger partial charge in [-0.15, -0.1) is 0 Å². The van der Waals surface area contributed by atoms with Gasteiger partial charge in [-0.3, -0.25) is 14.4 Å². The lowest BCUT2D eigenvalue weighted by molar-refractivity contribution is -0.143. The van der Waals surface area contributed by atoms with Gasteiger partial charge in [0.15, 0.2) is 0 Å². The lowest BCUT2D eigenvalue weighted by atomic mass is 9.66. The number of allylic oxidation sites excluding steroid dienone is 2. The maximum atomic E-state index is 12.0. The van der Waals surface area contributed by atoms with Crippen LogP contribution in [0.2, 0.25) is 0 Å². The van der Waals surface area contributed by atoms with Gasteiger partial charge in [0.05, 0.1) is 6.42 Å². The van der Waals surface area contributed by atoms with E-state index in [9.17, 15) is 19.2 Å². The predicted octanol–water partition coefficient (Wildman–Crippen LogP) is 8.10. The van der Waals surface area contributed by atoms with E-state index >= 15 is 0 Å². The molecule has 256 valence electrons. The van der Waals surface area contributed by atoms with Crippen molar-refractivity contribution in [2.75, 3.05) is 26.4 Å². The van der Waals surface area contributed by atoms with Gasteiger partial charge >= 0.3 is 23.9 Å². The molecule has 0 aromatic rings. The summed E-state index contributed by atoms with van der Waals surface area (Å²) in [6.07, 6.45) is 16.3. The third-order valence-corrected chi connectivity index (χ3v) is 8.45. The number of ether oxygens (including phenoxy) is 4. The summed E-state index contributed by atoms with van der Waals surface area (Å²) < 4.78 is 20.2. The highest BCUT2D eigenvalue weighted by molar-refractivity contribution is 5.83. The third kappa shape index (κ3) is 15.1. The van der Waals surface area contributed by atoms with Crippen LogP contribution in [-0.2, 0) is 38.1 Å². The zero-order valence-electron chi connectivity index (χ0n) is 28.7. The lowest BCUT2D eigenvalue weighted by Gasteiger charge is -2.38. The van der Waals surface area contributed by atoms with Crippen LogP contribution in [-0.4, -0.2) is 50.3 Å². The number of hydrogen-bond acceptors (Lipinski definition) is 8. The Morgan fingerprint density at radius 2 is 1.24 bits per heavy atom. The van der Waals surface area contributed by atoms with Gasteiger partial charge in [0.1, 0.15) is 26.4 Å². The summed E-state index contributed by atoms with van der Waals surface area (Å²) in [5.41, 5.74) is 3.31. The molecular weight excluding hydrogens is 584 g/mol. The molecule has 0 heterocycles. The first-order valence-corrected chi connectivity index (χ1v) is 16.3. The molecular formula is C38H56O8. The largest absolute Gasteiger partial charge is 0.461 e. The Bertz CT molecular complexity index is 1140. The molecule has 0 radical (unpaired) electrons. The van der Waals surface area contributed by atoms with E-state index in [1.165, 1.54) is 5.57 Å². The maximum absolute atomic E-state index is 12.0. The van der Waals surface area contributed by atoms with E-state index in [1.807, 2.05) is 0 Å². The van der Waals surface area contributed by atoms with E-state index in [4.69, 9.17) is 18.9 Å². The van der Waals surface area contributed by atoms with Crippen molar-refractivity contribution in [2.45, 2.75) is 98.3 Å². The Labute approximate surface area is 276 Å². The fourth-order valence-corrected chi connectivity index (χ4v) is 6.07. The average Bonchev–Trinajstić information content (AvgIpc) is 3.01. The maximum Gasteiger partial charge on any atom is 0.331 e. The van der Waals surface area contributed by atoms with E-state index in [2.05, 4.69) is 54.0 Å². The monoisotopic (exact) mass is 640 g/mol. The predicted molar refractivity (Wildman–Crippen MR) is 182 cm³/mol. The second-order valence-electron chi connectivity index (χ2n) is 12.9. The molecule has 46 heavy (non-hydrogen) atoms. The summed E-state index contributed by atoms with van der Waals surface area (Å²) in [5, 5.41) is 0. The second kappa shape index (κ2) is 21.2. The molecule has 0 spiro atoms. The molecule has 0 amide bonds. The fourth-order valence-electron chi connectivity index (χ4n) is 6.07. The summed E-state index contributed by atoms with van der Waals surface area (Å²) >= 11 is 0. The van der Waals surface area contributed by atoms with Crippen molar-refractivity contribution >= 4 is 23.9 Å². The van der Waals surface area contributed by atoms with E-state index in [1.54, 1.807) is 30.4 Å². The Morgan fingerprint density at radius 3 is 1.83 bits per heavy atom. The van der Waals surface area contributed by atoms with Crippen molar-refractivity contribution < 1.29 is 38.1 Å². The molecule has 2 aliphatic carbocycles. The van der Waals surface area contributed by atoms with E-state index in [-0.39, 0.29) is 73.5 Å². The van der Waals surface area contributed by atoms with E-state index in [0.29, 0.717) is 25.7 Å². The Morgan fingerprint density at radius 1 is 0.717 bits per heavy atom. The van der Waals surface area contributed by atoms with Crippen molar-refractivity contribution in [1.82, 2.24) is 0 Å². The quantitative estimate of drug-likeness (QED) is 0.0680. The van der Waals surface area contributed by atoms with Gasteiger partial charge in [-0.25, -0.2) is 4.79 Å². The van der Waals surface area contributed by atoms with Crippen LogP contribution < -0.4 is 0 Å². The molecule has 8 heteroatoms. The molecule has 0 aromatic carbocycles. The SMILES string of the molecule is C=CCOC(=O)/C=C1\C(CCC(=O)OCC=C)CCCC1(C)C.C=CCOC(=O)CCC1=C(CC(=O)OCC=C)C(C)(C)CCC1. The first-order chi connectivity index (χ1) is 21.8. The Balaban J connectivity index is 0.000000460. The third-order valence-electron chi connectivity index (χ3n) is 8.45. The second-order valence-corrected chi connectivity index (χ2v) is 12.9. The molecule has 2 rings (SSSR count). The van der Waals surface area contributed by atoms with Crippen molar-refractivity contribution in [2.24, 2.45) is 16.7 Å². The van der Waals surface area contributed by atoms with Crippen molar-refractivity contribution in [1.29, 1.82) is 0 Å². The molecule has 0 bridgehead atoms. The summed E-state index contributed by atoms with van der Waals surface area (Å²) in [5.74, 6) is -0.807. The van der Waals surface area contributed by atoms with Crippen LogP contribution in [0.25, 0.3) is 0 Å². The lowest BCUT2D eigenvalue weighted by Crippen LogP contribution is -2.28. The van der Waals surface area contributed by atoms with Crippen LogP contribution in [0.15, 0.2) is 73.4 Å². The van der Waals surface area contributed by atoms with Gasteiger partial charge in [-0.05, 0) is 61.7 Å².